The average Bonchev–Trinajstić information content (AvgIpc) is 3.13. The minimum Gasteiger partial charge on any atom is -0.495 e. The third kappa shape index (κ3) is 4.19. The van der Waals surface area contributed by atoms with Gasteiger partial charge in [0.05, 0.1) is 33.4 Å². The summed E-state index contributed by atoms with van der Waals surface area (Å²) in [6.45, 7) is 0.651. The zero-order chi connectivity index (χ0) is 20.1. The van der Waals surface area contributed by atoms with Gasteiger partial charge in [-0.3, -0.25) is 9.59 Å². The molecule has 1 fully saturated rings. The minimum absolute atomic E-state index is 0.0621. The lowest BCUT2D eigenvalue weighted by molar-refractivity contribution is -0.117. The number of methoxy groups -OCH3 is 3. The van der Waals surface area contributed by atoms with E-state index in [1.54, 1.807) is 56.6 Å². The predicted octanol–water partition coefficient (Wildman–Crippen LogP) is 3.02. The van der Waals surface area contributed by atoms with Crippen molar-refractivity contribution in [1.82, 2.24) is 0 Å². The second-order valence-corrected chi connectivity index (χ2v) is 6.45. The molecule has 0 radical (unpaired) electrons. The van der Waals surface area contributed by atoms with Gasteiger partial charge in [0.25, 0.3) is 0 Å². The lowest BCUT2D eigenvalue weighted by atomic mass is 10.1. The maximum absolute atomic E-state index is 12.5. The molecule has 3 rings (SSSR count). The lowest BCUT2D eigenvalue weighted by Gasteiger charge is -2.20. The molecule has 2 amide bonds. The molecule has 0 saturated carbocycles. The molecule has 2 aromatic rings. The Hall–Kier alpha value is -3.22. The van der Waals surface area contributed by atoms with Gasteiger partial charge in [-0.15, -0.1) is 0 Å². The fourth-order valence-electron chi connectivity index (χ4n) is 3.26. The molecule has 0 spiro atoms. The summed E-state index contributed by atoms with van der Waals surface area (Å²) in [4.78, 5) is 26.3. The number of anilines is 2. The van der Waals surface area contributed by atoms with Gasteiger partial charge in [0.15, 0.2) is 11.5 Å². The Morgan fingerprint density at radius 2 is 1.71 bits per heavy atom. The minimum atomic E-state index is -0.170. The average molecular weight is 384 g/mol. The van der Waals surface area contributed by atoms with E-state index in [1.165, 1.54) is 0 Å². The highest BCUT2D eigenvalue weighted by Gasteiger charge is 2.25. The van der Waals surface area contributed by atoms with Crippen LogP contribution in [0.25, 0.3) is 0 Å². The number of rotatable bonds is 7. The van der Waals surface area contributed by atoms with Crippen LogP contribution in [0.4, 0.5) is 11.4 Å². The van der Waals surface area contributed by atoms with Crippen LogP contribution in [-0.2, 0) is 16.0 Å². The number of carbonyl (C=O) groups is 2. The van der Waals surface area contributed by atoms with Crippen molar-refractivity contribution in [2.24, 2.45) is 0 Å². The number of nitrogens with one attached hydrogen (secondary N) is 1. The molecule has 2 aromatic carbocycles. The van der Waals surface area contributed by atoms with Crippen LogP contribution in [0.3, 0.4) is 0 Å². The van der Waals surface area contributed by atoms with Gasteiger partial charge in [-0.1, -0.05) is 6.07 Å². The van der Waals surface area contributed by atoms with Gasteiger partial charge in [-0.2, -0.15) is 0 Å². The summed E-state index contributed by atoms with van der Waals surface area (Å²) < 4.78 is 15.9. The van der Waals surface area contributed by atoms with Gasteiger partial charge in [0.1, 0.15) is 5.75 Å². The van der Waals surface area contributed by atoms with E-state index in [-0.39, 0.29) is 18.2 Å². The fraction of sp³-hybridized carbons (Fsp3) is 0.333. The first-order chi connectivity index (χ1) is 13.5. The third-order valence-corrected chi connectivity index (χ3v) is 4.64. The molecular weight excluding hydrogens is 360 g/mol. The van der Waals surface area contributed by atoms with Gasteiger partial charge in [-0.05, 0) is 42.3 Å². The molecule has 1 aliphatic rings. The van der Waals surface area contributed by atoms with Gasteiger partial charge in [0, 0.05) is 18.7 Å². The molecule has 0 bridgehead atoms. The summed E-state index contributed by atoms with van der Waals surface area (Å²) in [5.74, 6) is 1.69. The molecule has 1 heterocycles. The standard InChI is InChI=1S/C21H24N2O5/c1-26-17-9-7-15(13-16(17)23-10-4-5-21(23)25)22-20(24)12-14-6-8-18(27-2)19(11-14)28-3/h6-9,11,13H,4-5,10,12H2,1-3H3,(H,22,24). The highest BCUT2D eigenvalue weighted by molar-refractivity contribution is 5.98. The first kappa shape index (κ1) is 19.5. The number of amides is 2. The summed E-state index contributed by atoms with van der Waals surface area (Å²) in [6, 6.07) is 10.7. The Bertz CT molecular complexity index is 881. The number of nitrogens with zero attached hydrogens (tertiary/aromatic N) is 1. The van der Waals surface area contributed by atoms with Crippen molar-refractivity contribution >= 4 is 23.2 Å². The molecule has 148 valence electrons. The van der Waals surface area contributed by atoms with E-state index < -0.39 is 0 Å². The van der Waals surface area contributed by atoms with E-state index in [4.69, 9.17) is 14.2 Å². The van der Waals surface area contributed by atoms with Crippen molar-refractivity contribution in [3.05, 3.63) is 42.0 Å². The van der Waals surface area contributed by atoms with E-state index in [2.05, 4.69) is 5.32 Å². The Kier molecular flexibility index (Phi) is 6.03. The Labute approximate surface area is 164 Å². The number of carbonyl (C=O) groups excluding carboxylic acids is 2. The molecule has 7 heteroatoms. The van der Waals surface area contributed by atoms with Crippen LogP contribution in [-0.4, -0.2) is 39.7 Å². The molecule has 1 N–H and O–H groups in total. The number of hydrogen-bond donors (Lipinski definition) is 1. The molecular formula is C21H24N2O5. The van der Waals surface area contributed by atoms with Crippen molar-refractivity contribution in [3.63, 3.8) is 0 Å². The maximum atomic E-state index is 12.5. The van der Waals surface area contributed by atoms with Crippen LogP contribution in [0.15, 0.2) is 36.4 Å². The molecule has 0 unspecified atom stereocenters. The quantitative estimate of drug-likeness (QED) is 0.794. The van der Waals surface area contributed by atoms with E-state index in [9.17, 15) is 9.59 Å². The van der Waals surface area contributed by atoms with Crippen molar-refractivity contribution in [2.75, 3.05) is 38.1 Å². The van der Waals surface area contributed by atoms with E-state index >= 15 is 0 Å². The van der Waals surface area contributed by atoms with Crippen LogP contribution in [0.1, 0.15) is 18.4 Å². The van der Waals surface area contributed by atoms with Crippen LogP contribution in [0, 0.1) is 0 Å². The van der Waals surface area contributed by atoms with Crippen LogP contribution in [0.5, 0.6) is 17.2 Å². The first-order valence-corrected chi connectivity index (χ1v) is 9.05. The highest BCUT2D eigenvalue weighted by atomic mass is 16.5. The van der Waals surface area contributed by atoms with Crippen molar-refractivity contribution in [3.8, 4) is 17.2 Å². The van der Waals surface area contributed by atoms with Crippen LogP contribution < -0.4 is 24.4 Å². The smallest absolute Gasteiger partial charge is 0.228 e. The second-order valence-electron chi connectivity index (χ2n) is 6.45. The van der Waals surface area contributed by atoms with Gasteiger partial charge < -0.3 is 24.4 Å². The third-order valence-electron chi connectivity index (χ3n) is 4.64. The molecule has 7 nitrogen and oxygen atoms in total. The number of benzene rings is 2. The molecule has 1 saturated heterocycles. The van der Waals surface area contributed by atoms with Crippen molar-refractivity contribution in [2.45, 2.75) is 19.3 Å². The number of hydrogen-bond acceptors (Lipinski definition) is 5. The molecule has 0 atom stereocenters. The van der Waals surface area contributed by atoms with E-state index in [1.807, 2.05) is 6.07 Å². The summed E-state index contributed by atoms with van der Waals surface area (Å²) in [5.41, 5.74) is 2.09. The predicted molar refractivity (Wildman–Crippen MR) is 106 cm³/mol. The zero-order valence-electron chi connectivity index (χ0n) is 16.3. The Morgan fingerprint density at radius 3 is 2.36 bits per heavy atom. The molecule has 0 aromatic heterocycles. The Morgan fingerprint density at radius 1 is 1.00 bits per heavy atom. The van der Waals surface area contributed by atoms with Crippen LogP contribution in [0.2, 0.25) is 0 Å². The fourth-order valence-corrected chi connectivity index (χ4v) is 3.26. The van der Waals surface area contributed by atoms with Crippen molar-refractivity contribution in [1.29, 1.82) is 0 Å². The summed E-state index contributed by atoms with van der Waals surface area (Å²) >= 11 is 0. The van der Waals surface area contributed by atoms with Crippen LogP contribution >= 0.6 is 0 Å². The largest absolute Gasteiger partial charge is 0.495 e. The monoisotopic (exact) mass is 384 g/mol. The van der Waals surface area contributed by atoms with E-state index in [0.29, 0.717) is 41.6 Å². The zero-order valence-corrected chi connectivity index (χ0v) is 16.3. The van der Waals surface area contributed by atoms with Gasteiger partial charge >= 0.3 is 0 Å². The first-order valence-electron chi connectivity index (χ1n) is 9.05. The van der Waals surface area contributed by atoms with Crippen molar-refractivity contribution < 1.29 is 23.8 Å². The topological polar surface area (TPSA) is 77.1 Å². The highest BCUT2D eigenvalue weighted by Crippen LogP contribution is 2.34. The summed E-state index contributed by atoms with van der Waals surface area (Å²) in [5, 5.41) is 2.88. The summed E-state index contributed by atoms with van der Waals surface area (Å²) in [7, 11) is 4.69. The molecule has 28 heavy (non-hydrogen) atoms. The maximum Gasteiger partial charge on any atom is 0.228 e. The Balaban J connectivity index is 1.74. The lowest BCUT2D eigenvalue weighted by Crippen LogP contribution is -2.24. The van der Waals surface area contributed by atoms with E-state index in [0.717, 1.165) is 12.0 Å². The van der Waals surface area contributed by atoms with Gasteiger partial charge in [-0.25, -0.2) is 0 Å². The molecule has 1 aliphatic heterocycles. The second kappa shape index (κ2) is 8.65. The number of ether oxygens (including phenoxy) is 3. The normalized spacial score (nSPS) is 13.4. The van der Waals surface area contributed by atoms with Gasteiger partial charge in [0.2, 0.25) is 11.8 Å². The SMILES string of the molecule is COc1ccc(CC(=O)Nc2ccc(OC)c(N3CCCC3=O)c2)cc1OC. The summed E-state index contributed by atoms with van der Waals surface area (Å²) in [6.07, 6.45) is 1.53. The molecule has 0 aliphatic carbocycles.